The van der Waals surface area contributed by atoms with Crippen molar-refractivity contribution in [1.82, 2.24) is 0 Å². The van der Waals surface area contributed by atoms with Gasteiger partial charge in [-0.05, 0) is 0 Å². The van der Waals surface area contributed by atoms with Gasteiger partial charge in [0.05, 0.1) is 0 Å². The SMILES string of the molecule is [AlH3].[B].[Co].[Ta]. The molecule has 0 spiro atoms. The molecular formula is H3AlBCoTa. The molecule has 0 aliphatic rings. The molecule has 0 unspecified atom stereocenters. The second-order valence-corrected chi connectivity index (χ2v) is 0. The van der Waals surface area contributed by atoms with Crippen LogP contribution in [0.2, 0.25) is 0 Å². The van der Waals surface area contributed by atoms with Crippen LogP contribution in [0.5, 0.6) is 0 Å². The van der Waals surface area contributed by atoms with E-state index < -0.39 is 0 Å². The molecule has 0 aromatic carbocycles. The van der Waals surface area contributed by atoms with Gasteiger partial charge in [0.1, 0.15) is 0 Å². The zero-order chi connectivity index (χ0) is 0. The first-order valence-corrected chi connectivity index (χ1v) is 0. The Morgan fingerprint density at radius 2 is 1.00 bits per heavy atom. The van der Waals surface area contributed by atoms with Crippen LogP contribution >= 0.6 is 0 Å². The molecule has 0 rings (SSSR count). The summed E-state index contributed by atoms with van der Waals surface area (Å²) in [6.07, 6.45) is 0. The molecule has 0 aliphatic carbocycles. The van der Waals surface area contributed by atoms with Crippen LogP contribution in [0.25, 0.3) is 0 Å². The zero-order valence-corrected chi connectivity index (χ0v) is 5.61. The van der Waals surface area contributed by atoms with E-state index in [4.69, 9.17) is 0 Å². The van der Waals surface area contributed by atoms with Gasteiger partial charge < -0.3 is 0 Å². The average molecular weight is 281 g/mol. The maximum absolute atomic E-state index is 0. The molecule has 0 aromatic heterocycles. The Bertz CT molecular complexity index is 8.00. The van der Waals surface area contributed by atoms with Gasteiger partial charge in [-0.3, -0.25) is 0 Å². The van der Waals surface area contributed by atoms with Gasteiger partial charge >= 0.3 is 0 Å². The molecule has 0 aliphatic heterocycles. The van der Waals surface area contributed by atoms with Crippen molar-refractivity contribution < 1.29 is 39.2 Å². The van der Waals surface area contributed by atoms with Gasteiger partial charge in [0.25, 0.3) is 0 Å². The summed E-state index contributed by atoms with van der Waals surface area (Å²) >= 11 is 0. The molecule has 4 heavy (non-hydrogen) atoms. The van der Waals surface area contributed by atoms with E-state index in [-0.39, 0.29) is 64.9 Å². The summed E-state index contributed by atoms with van der Waals surface area (Å²) in [6, 6.07) is 0. The smallest absolute Gasteiger partial charge is 0 e. The Morgan fingerprint density at radius 1 is 1.00 bits per heavy atom. The molecule has 0 atom stereocenters. The molecule has 4 heteroatoms. The van der Waals surface area contributed by atoms with E-state index in [2.05, 4.69) is 0 Å². The molecule has 0 heterocycles. The minimum Gasteiger partial charge on any atom is 0 e. The minimum atomic E-state index is 0. The summed E-state index contributed by atoms with van der Waals surface area (Å²) < 4.78 is 0. The maximum atomic E-state index is 0. The third-order valence-corrected chi connectivity index (χ3v) is 0. The quantitative estimate of drug-likeness (QED) is 0.471. The predicted molar refractivity (Wildman–Crippen MR) is 15.7 cm³/mol. The van der Waals surface area contributed by atoms with Crippen molar-refractivity contribution in [3.8, 4) is 0 Å². The normalized spacial score (nSPS) is 0. The zero-order valence-electron chi connectivity index (χ0n) is 1.36. The monoisotopic (exact) mass is 281 g/mol. The van der Waals surface area contributed by atoms with E-state index in [0.717, 1.165) is 0 Å². The maximum Gasteiger partial charge on any atom is 0.187 e. The van der Waals surface area contributed by atoms with Crippen LogP contribution in [0.3, 0.4) is 0 Å². The second-order valence-electron chi connectivity index (χ2n) is 0. The van der Waals surface area contributed by atoms with Crippen LogP contribution in [0.4, 0.5) is 0 Å². The fourth-order valence-corrected chi connectivity index (χ4v) is 0. The second kappa shape index (κ2) is 21.0. The predicted octanol–water partition coefficient (Wildman–Crippen LogP) is -1.57. The van der Waals surface area contributed by atoms with E-state index in [9.17, 15) is 0 Å². The summed E-state index contributed by atoms with van der Waals surface area (Å²) in [6.45, 7) is 0. The summed E-state index contributed by atoms with van der Waals surface area (Å²) in [5.74, 6) is 0. The molecule has 0 amide bonds. The topological polar surface area (TPSA) is 0 Å². The molecule has 0 saturated carbocycles. The molecule has 0 N–H and O–H groups in total. The molecule has 0 fully saturated rings. The van der Waals surface area contributed by atoms with Crippen molar-refractivity contribution in [1.29, 1.82) is 0 Å². The van der Waals surface area contributed by atoms with Crippen LogP contribution in [0.1, 0.15) is 0 Å². The summed E-state index contributed by atoms with van der Waals surface area (Å²) in [7, 11) is 0. The van der Waals surface area contributed by atoms with Crippen molar-refractivity contribution in [2.45, 2.75) is 0 Å². The Hall–Kier alpha value is 1.84. The van der Waals surface area contributed by atoms with Gasteiger partial charge in [0.15, 0.2) is 17.4 Å². The van der Waals surface area contributed by atoms with Gasteiger partial charge in [-0.2, -0.15) is 0 Å². The third-order valence-electron chi connectivity index (χ3n) is 0. The third kappa shape index (κ3) is 9.14. The van der Waals surface area contributed by atoms with Crippen molar-refractivity contribution in [3.63, 3.8) is 0 Å². The van der Waals surface area contributed by atoms with Gasteiger partial charge in [0, 0.05) is 47.6 Å². The Labute approximate surface area is 64.5 Å². The van der Waals surface area contributed by atoms with Crippen molar-refractivity contribution in [2.24, 2.45) is 0 Å². The van der Waals surface area contributed by atoms with Gasteiger partial charge in [-0.1, -0.05) is 0 Å². The molecule has 0 aromatic rings. The minimum absolute atomic E-state index is 0. The molecule has 23 valence electrons. The summed E-state index contributed by atoms with van der Waals surface area (Å²) in [4.78, 5) is 0. The molecule has 0 bridgehead atoms. The van der Waals surface area contributed by atoms with E-state index in [1.54, 1.807) is 0 Å². The summed E-state index contributed by atoms with van der Waals surface area (Å²) in [5.41, 5.74) is 0. The van der Waals surface area contributed by atoms with Crippen LogP contribution in [0.15, 0.2) is 0 Å². The number of rotatable bonds is 0. The van der Waals surface area contributed by atoms with Crippen LogP contribution < -0.4 is 0 Å². The van der Waals surface area contributed by atoms with E-state index in [1.165, 1.54) is 0 Å². The molecule has 5 radical (unpaired) electrons. The Kier molecular flexibility index (Phi) is 212. The van der Waals surface area contributed by atoms with Crippen molar-refractivity contribution >= 4 is 25.8 Å². The number of hydrogen-bond donors (Lipinski definition) is 0. The fraction of sp³-hybridized carbons (Fsp3) is 0. The van der Waals surface area contributed by atoms with Crippen LogP contribution in [-0.2, 0) is 39.2 Å². The van der Waals surface area contributed by atoms with E-state index >= 15 is 0 Å². The van der Waals surface area contributed by atoms with Gasteiger partial charge in [0.2, 0.25) is 0 Å². The van der Waals surface area contributed by atoms with E-state index in [1.807, 2.05) is 0 Å². The summed E-state index contributed by atoms with van der Waals surface area (Å²) in [5, 5.41) is 0. The first-order chi connectivity index (χ1) is 0. The Balaban J connectivity index is 0. The molecule has 0 nitrogen and oxygen atoms in total. The molecule has 0 saturated heterocycles. The fourth-order valence-electron chi connectivity index (χ4n) is 0. The largest absolute Gasteiger partial charge is 0.187 e. The van der Waals surface area contributed by atoms with Crippen LogP contribution in [0, 0.1) is 0 Å². The van der Waals surface area contributed by atoms with Crippen molar-refractivity contribution in [2.75, 3.05) is 0 Å². The Morgan fingerprint density at radius 3 is 1.00 bits per heavy atom. The molecular weight excluding hydrogens is 278 g/mol. The first-order valence-electron chi connectivity index (χ1n) is 0. The first kappa shape index (κ1) is 40.3. The number of hydrogen-bond acceptors (Lipinski definition) is 0. The average Bonchev–Trinajstić information content (AvgIpc) is 0. The van der Waals surface area contributed by atoms with Gasteiger partial charge in [-0.25, -0.2) is 0 Å². The van der Waals surface area contributed by atoms with Crippen molar-refractivity contribution in [3.05, 3.63) is 0 Å². The van der Waals surface area contributed by atoms with Crippen LogP contribution in [-0.4, -0.2) is 25.8 Å². The standard InChI is InChI=1S/Al.B.Co.Ta.3H. The van der Waals surface area contributed by atoms with Gasteiger partial charge in [-0.15, -0.1) is 0 Å². The van der Waals surface area contributed by atoms with E-state index in [0.29, 0.717) is 0 Å².